The number of nitrogens with zero attached hydrogens (tertiary/aromatic N) is 3. The third kappa shape index (κ3) is 2.46. The van der Waals surface area contributed by atoms with Crippen LogP contribution in [0.25, 0.3) is 0 Å². The van der Waals surface area contributed by atoms with E-state index in [1.54, 1.807) is 0 Å². The SMILES string of the molecule is CCC(C)Nc1ccnc(N2CCc3ccccc32)n1. The van der Waals surface area contributed by atoms with Crippen molar-refractivity contribution in [2.24, 2.45) is 0 Å². The van der Waals surface area contributed by atoms with Crippen LogP contribution < -0.4 is 10.2 Å². The molecular formula is C16H20N4. The van der Waals surface area contributed by atoms with Gasteiger partial charge in [0.15, 0.2) is 0 Å². The molecule has 1 aromatic carbocycles. The maximum absolute atomic E-state index is 4.65. The number of benzene rings is 1. The molecule has 3 rings (SSSR count). The van der Waals surface area contributed by atoms with Gasteiger partial charge in [0.25, 0.3) is 0 Å². The number of anilines is 3. The van der Waals surface area contributed by atoms with E-state index < -0.39 is 0 Å². The lowest BCUT2D eigenvalue weighted by atomic mass is 10.2. The van der Waals surface area contributed by atoms with Gasteiger partial charge >= 0.3 is 0 Å². The number of rotatable bonds is 4. The maximum atomic E-state index is 4.65. The Hall–Kier alpha value is -2.10. The van der Waals surface area contributed by atoms with E-state index in [0.717, 1.165) is 31.2 Å². The molecule has 20 heavy (non-hydrogen) atoms. The van der Waals surface area contributed by atoms with Crippen LogP contribution in [0.3, 0.4) is 0 Å². The first kappa shape index (κ1) is 12.9. The molecule has 4 heteroatoms. The van der Waals surface area contributed by atoms with E-state index in [2.05, 4.69) is 58.3 Å². The molecule has 1 atom stereocenters. The van der Waals surface area contributed by atoms with Crippen LogP contribution in [0.4, 0.5) is 17.5 Å². The van der Waals surface area contributed by atoms with Crippen LogP contribution in [0, 0.1) is 0 Å². The van der Waals surface area contributed by atoms with Gasteiger partial charge in [0.05, 0.1) is 0 Å². The van der Waals surface area contributed by atoms with E-state index in [0.29, 0.717) is 6.04 Å². The van der Waals surface area contributed by atoms with Gasteiger partial charge in [-0.1, -0.05) is 25.1 Å². The number of para-hydroxylation sites is 1. The molecule has 0 aliphatic carbocycles. The summed E-state index contributed by atoms with van der Waals surface area (Å²) in [6.45, 7) is 5.27. The molecule has 1 aliphatic rings. The van der Waals surface area contributed by atoms with Crippen LogP contribution in [-0.2, 0) is 6.42 Å². The molecule has 1 N–H and O–H groups in total. The Bertz CT molecular complexity index is 597. The highest BCUT2D eigenvalue weighted by Crippen LogP contribution is 2.32. The van der Waals surface area contributed by atoms with Gasteiger partial charge in [-0.25, -0.2) is 4.98 Å². The molecular weight excluding hydrogens is 248 g/mol. The van der Waals surface area contributed by atoms with Crippen molar-refractivity contribution in [1.29, 1.82) is 0 Å². The number of aromatic nitrogens is 2. The van der Waals surface area contributed by atoms with E-state index in [-0.39, 0.29) is 0 Å². The third-order valence-electron chi connectivity index (χ3n) is 3.78. The molecule has 1 aromatic heterocycles. The number of hydrogen-bond acceptors (Lipinski definition) is 4. The van der Waals surface area contributed by atoms with Crippen LogP contribution in [-0.4, -0.2) is 22.6 Å². The molecule has 0 bridgehead atoms. The van der Waals surface area contributed by atoms with Crippen molar-refractivity contribution in [2.75, 3.05) is 16.8 Å². The summed E-state index contributed by atoms with van der Waals surface area (Å²) in [6, 6.07) is 10.8. The van der Waals surface area contributed by atoms with Gasteiger partial charge in [0, 0.05) is 24.5 Å². The van der Waals surface area contributed by atoms with Crippen LogP contribution in [0.2, 0.25) is 0 Å². The Labute approximate surface area is 119 Å². The normalized spacial score (nSPS) is 15.0. The second-order valence-electron chi connectivity index (χ2n) is 5.23. The summed E-state index contributed by atoms with van der Waals surface area (Å²) < 4.78 is 0. The van der Waals surface area contributed by atoms with Gasteiger partial charge in [0.2, 0.25) is 5.95 Å². The standard InChI is InChI=1S/C16H20N4/c1-3-12(2)18-15-8-10-17-16(19-15)20-11-9-13-6-4-5-7-14(13)20/h4-8,10,12H,3,9,11H2,1-2H3,(H,17,18,19). The summed E-state index contributed by atoms with van der Waals surface area (Å²) >= 11 is 0. The summed E-state index contributed by atoms with van der Waals surface area (Å²) in [5.74, 6) is 1.68. The van der Waals surface area contributed by atoms with Gasteiger partial charge in [-0.05, 0) is 37.5 Å². The predicted octanol–water partition coefficient (Wildman–Crippen LogP) is 3.38. The molecule has 2 heterocycles. The highest BCUT2D eigenvalue weighted by molar-refractivity contribution is 5.66. The highest BCUT2D eigenvalue weighted by atomic mass is 15.3. The van der Waals surface area contributed by atoms with E-state index in [1.807, 2.05) is 12.3 Å². The Balaban J connectivity index is 1.87. The quantitative estimate of drug-likeness (QED) is 0.923. The summed E-state index contributed by atoms with van der Waals surface area (Å²) in [6.07, 6.45) is 3.96. The number of hydrogen-bond donors (Lipinski definition) is 1. The van der Waals surface area contributed by atoms with Crippen LogP contribution in [0.5, 0.6) is 0 Å². The van der Waals surface area contributed by atoms with Crippen LogP contribution in [0.15, 0.2) is 36.5 Å². The first-order valence-corrected chi connectivity index (χ1v) is 7.23. The minimum Gasteiger partial charge on any atom is -0.367 e. The van der Waals surface area contributed by atoms with E-state index >= 15 is 0 Å². The third-order valence-corrected chi connectivity index (χ3v) is 3.78. The van der Waals surface area contributed by atoms with Gasteiger partial charge in [-0.2, -0.15) is 4.98 Å². The molecule has 0 radical (unpaired) electrons. The monoisotopic (exact) mass is 268 g/mol. The van der Waals surface area contributed by atoms with Gasteiger partial charge in [-0.15, -0.1) is 0 Å². The number of fused-ring (bicyclic) bond motifs is 1. The largest absolute Gasteiger partial charge is 0.367 e. The fourth-order valence-electron chi connectivity index (χ4n) is 2.46. The lowest BCUT2D eigenvalue weighted by Crippen LogP contribution is -2.19. The second-order valence-corrected chi connectivity index (χ2v) is 5.23. The summed E-state index contributed by atoms with van der Waals surface area (Å²) in [4.78, 5) is 11.3. The van der Waals surface area contributed by atoms with Crippen LogP contribution >= 0.6 is 0 Å². The Morgan fingerprint density at radius 2 is 2.15 bits per heavy atom. The first-order chi connectivity index (χ1) is 9.78. The topological polar surface area (TPSA) is 41.1 Å². The average Bonchev–Trinajstić information content (AvgIpc) is 2.91. The molecule has 104 valence electrons. The van der Waals surface area contributed by atoms with Crippen LogP contribution in [0.1, 0.15) is 25.8 Å². The van der Waals surface area contributed by atoms with Gasteiger partial charge in [0.1, 0.15) is 5.82 Å². The smallest absolute Gasteiger partial charge is 0.231 e. The summed E-state index contributed by atoms with van der Waals surface area (Å²) in [7, 11) is 0. The van der Waals surface area contributed by atoms with E-state index in [9.17, 15) is 0 Å². The summed E-state index contributed by atoms with van der Waals surface area (Å²) in [5.41, 5.74) is 2.60. The molecule has 4 nitrogen and oxygen atoms in total. The average molecular weight is 268 g/mol. The van der Waals surface area contributed by atoms with E-state index in [1.165, 1.54) is 11.3 Å². The van der Waals surface area contributed by atoms with Gasteiger partial charge < -0.3 is 10.2 Å². The highest BCUT2D eigenvalue weighted by Gasteiger charge is 2.21. The van der Waals surface area contributed by atoms with E-state index in [4.69, 9.17) is 0 Å². The zero-order valence-corrected chi connectivity index (χ0v) is 12.0. The van der Waals surface area contributed by atoms with Crippen molar-refractivity contribution in [3.8, 4) is 0 Å². The van der Waals surface area contributed by atoms with Crippen molar-refractivity contribution < 1.29 is 0 Å². The molecule has 0 fully saturated rings. The zero-order valence-electron chi connectivity index (χ0n) is 12.0. The van der Waals surface area contributed by atoms with Crippen molar-refractivity contribution >= 4 is 17.5 Å². The summed E-state index contributed by atoms with van der Waals surface area (Å²) in [5, 5.41) is 3.40. The molecule has 0 saturated heterocycles. The second kappa shape index (κ2) is 5.49. The maximum Gasteiger partial charge on any atom is 0.231 e. The Morgan fingerprint density at radius 1 is 1.30 bits per heavy atom. The van der Waals surface area contributed by atoms with Crippen molar-refractivity contribution in [1.82, 2.24) is 9.97 Å². The minimum atomic E-state index is 0.420. The minimum absolute atomic E-state index is 0.420. The molecule has 0 spiro atoms. The molecule has 2 aromatic rings. The number of nitrogens with one attached hydrogen (secondary N) is 1. The molecule has 1 unspecified atom stereocenters. The Morgan fingerprint density at radius 3 is 3.00 bits per heavy atom. The lowest BCUT2D eigenvalue weighted by Gasteiger charge is -2.18. The molecule has 0 saturated carbocycles. The van der Waals surface area contributed by atoms with Crippen molar-refractivity contribution in [3.63, 3.8) is 0 Å². The fourth-order valence-corrected chi connectivity index (χ4v) is 2.46. The Kier molecular flexibility index (Phi) is 3.54. The van der Waals surface area contributed by atoms with Crippen molar-refractivity contribution in [2.45, 2.75) is 32.7 Å². The van der Waals surface area contributed by atoms with Gasteiger partial charge in [-0.3, -0.25) is 0 Å². The predicted molar refractivity (Wildman–Crippen MR) is 82.6 cm³/mol. The molecule has 1 aliphatic heterocycles. The molecule has 0 amide bonds. The first-order valence-electron chi connectivity index (χ1n) is 7.23. The zero-order chi connectivity index (χ0) is 13.9. The fraction of sp³-hybridized carbons (Fsp3) is 0.375. The van der Waals surface area contributed by atoms with Crippen molar-refractivity contribution in [3.05, 3.63) is 42.1 Å². The lowest BCUT2D eigenvalue weighted by molar-refractivity contribution is 0.757.